The highest BCUT2D eigenvalue weighted by Crippen LogP contribution is 2.18. The van der Waals surface area contributed by atoms with Crippen LogP contribution < -0.4 is 5.32 Å². The lowest BCUT2D eigenvalue weighted by Gasteiger charge is -2.23. The molecule has 1 saturated heterocycles. The van der Waals surface area contributed by atoms with Gasteiger partial charge in [-0.25, -0.2) is 0 Å². The van der Waals surface area contributed by atoms with Crippen LogP contribution in [-0.2, 0) is 11.2 Å². The summed E-state index contributed by atoms with van der Waals surface area (Å²) >= 11 is 3.57. The molecule has 0 aromatic heterocycles. The summed E-state index contributed by atoms with van der Waals surface area (Å²) in [4.78, 5) is 0. The number of halogens is 1. The Morgan fingerprint density at radius 1 is 1.40 bits per heavy atom. The average Bonchev–Trinajstić information content (AvgIpc) is 2.29. The summed E-state index contributed by atoms with van der Waals surface area (Å²) in [7, 11) is 0. The number of hydrogen-bond acceptors (Lipinski definition) is 2. The third-order valence-corrected chi connectivity index (χ3v) is 3.49. The molecule has 1 aromatic rings. The van der Waals surface area contributed by atoms with Crippen LogP contribution in [0.25, 0.3) is 0 Å². The smallest absolute Gasteiger partial charge is 0.0620 e. The first kappa shape index (κ1) is 11.1. The third kappa shape index (κ3) is 3.30. The fraction of sp³-hybridized carbons (Fsp3) is 0.500. The Hall–Kier alpha value is -0.380. The average molecular weight is 270 g/mol. The Kier molecular flexibility index (Phi) is 4.18. The number of hydrogen-bond donors (Lipinski definition) is 1. The zero-order valence-corrected chi connectivity index (χ0v) is 10.3. The molecule has 1 aliphatic rings. The standard InChI is InChI=1S/C12H16BrNO/c13-12-4-2-1-3-10(12)5-6-11-9-15-8-7-14-11/h1-4,11,14H,5-9H2. The maximum atomic E-state index is 5.43. The number of aryl methyl sites for hydroxylation is 1. The fourth-order valence-corrected chi connectivity index (χ4v) is 2.32. The number of ether oxygens (including phenoxy) is 1. The van der Waals surface area contributed by atoms with E-state index in [9.17, 15) is 0 Å². The van der Waals surface area contributed by atoms with Gasteiger partial charge in [0.2, 0.25) is 0 Å². The van der Waals surface area contributed by atoms with Crippen molar-refractivity contribution in [2.45, 2.75) is 18.9 Å². The van der Waals surface area contributed by atoms with E-state index in [-0.39, 0.29) is 0 Å². The molecule has 1 aliphatic heterocycles. The molecule has 82 valence electrons. The van der Waals surface area contributed by atoms with E-state index in [2.05, 4.69) is 45.5 Å². The molecule has 15 heavy (non-hydrogen) atoms. The summed E-state index contributed by atoms with van der Waals surface area (Å²) in [6.07, 6.45) is 2.24. The Morgan fingerprint density at radius 3 is 3.00 bits per heavy atom. The van der Waals surface area contributed by atoms with Crippen LogP contribution in [-0.4, -0.2) is 25.8 Å². The van der Waals surface area contributed by atoms with Crippen LogP contribution in [0.3, 0.4) is 0 Å². The van der Waals surface area contributed by atoms with Crippen molar-refractivity contribution in [1.82, 2.24) is 5.32 Å². The quantitative estimate of drug-likeness (QED) is 0.910. The van der Waals surface area contributed by atoms with Crippen molar-refractivity contribution in [2.24, 2.45) is 0 Å². The van der Waals surface area contributed by atoms with Crippen LogP contribution in [0.2, 0.25) is 0 Å². The number of morpholine rings is 1. The van der Waals surface area contributed by atoms with E-state index >= 15 is 0 Å². The Balaban J connectivity index is 1.84. The largest absolute Gasteiger partial charge is 0.379 e. The Morgan fingerprint density at radius 2 is 2.27 bits per heavy atom. The summed E-state index contributed by atoms with van der Waals surface area (Å²) in [5.74, 6) is 0. The molecule has 0 radical (unpaired) electrons. The molecule has 1 heterocycles. The number of rotatable bonds is 3. The van der Waals surface area contributed by atoms with Crippen LogP contribution in [0.4, 0.5) is 0 Å². The Labute approximate surface area is 99.1 Å². The first-order valence-electron chi connectivity index (χ1n) is 5.41. The van der Waals surface area contributed by atoms with E-state index in [0.717, 1.165) is 32.6 Å². The van der Waals surface area contributed by atoms with E-state index in [1.165, 1.54) is 10.0 Å². The maximum Gasteiger partial charge on any atom is 0.0620 e. The molecule has 3 heteroatoms. The van der Waals surface area contributed by atoms with Gasteiger partial charge in [0, 0.05) is 17.1 Å². The van der Waals surface area contributed by atoms with E-state index in [1.54, 1.807) is 0 Å². The molecule has 0 amide bonds. The molecular weight excluding hydrogens is 254 g/mol. The Bertz CT molecular complexity index is 310. The van der Waals surface area contributed by atoms with E-state index in [4.69, 9.17) is 4.74 Å². The lowest BCUT2D eigenvalue weighted by Crippen LogP contribution is -2.41. The zero-order chi connectivity index (χ0) is 10.5. The van der Waals surface area contributed by atoms with Crippen molar-refractivity contribution in [3.8, 4) is 0 Å². The zero-order valence-electron chi connectivity index (χ0n) is 8.71. The fourth-order valence-electron chi connectivity index (χ4n) is 1.84. The van der Waals surface area contributed by atoms with E-state index < -0.39 is 0 Å². The van der Waals surface area contributed by atoms with Gasteiger partial charge < -0.3 is 10.1 Å². The molecule has 1 aromatic carbocycles. The first-order valence-corrected chi connectivity index (χ1v) is 6.20. The lowest BCUT2D eigenvalue weighted by atomic mass is 10.1. The number of benzene rings is 1. The minimum atomic E-state index is 0.519. The summed E-state index contributed by atoms with van der Waals surface area (Å²) in [5, 5.41) is 3.47. The van der Waals surface area contributed by atoms with Crippen molar-refractivity contribution < 1.29 is 4.74 Å². The van der Waals surface area contributed by atoms with Crippen LogP contribution in [0, 0.1) is 0 Å². The SMILES string of the molecule is Brc1ccccc1CCC1COCCN1. The molecule has 0 aliphatic carbocycles. The normalized spacial score (nSPS) is 21.5. The molecule has 2 rings (SSSR count). The maximum absolute atomic E-state index is 5.43. The van der Waals surface area contributed by atoms with Gasteiger partial charge in [0.25, 0.3) is 0 Å². The van der Waals surface area contributed by atoms with Crippen molar-refractivity contribution in [3.63, 3.8) is 0 Å². The van der Waals surface area contributed by atoms with Gasteiger partial charge in [0.15, 0.2) is 0 Å². The van der Waals surface area contributed by atoms with Gasteiger partial charge in [-0.2, -0.15) is 0 Å². The topological polar surface area (TPSA) is 21.3 Å². The van der Waals surface area contributed by atoms with Gasteiger partial charge >= 0.3 is 0 Å². The third-order valence-electron chi connectivity index (χ3n) is 2.72. The molecule has 1 N–H and O–H groups in total. The molecule has 0 bridgehead atoms. The molecule has 2 nitrogen and oxygen atoms in total. The molecule has 0 spiro atoms. The monoisotopic (exact) mass is 269 g/mol. The summed E-state index contributed by atoms with van der Waals surface area (Å²) in [5.41, 5.74) is 1.38. The molecule has 1 unspecified atom stereocenters. The molecular formula is C12H16BrNO. The summed E-state index contributed by atoms with van der Waals surface area (Å²) in [6, 6.07) is 8.93. The summed E-state index contributed by atoms with van der Waals surface area (Å²) in [6.45, 7) is 2.69. The lowest BCUT2D eigenvalue weighted by molar-refractivity contribution is 0.0743. The van der Waals surface area contributed by atoms with Gasteiger partial charge in [-0.1, -0.05) is 34.1 Å². The second-order valence-electron chi connectivity index (χ2n) is 3.86. The van der Waals surface area contributed by atoms with Crippen LogP contribution in [0.15, 0.2) is 28.7 Å². The predicted molar refractivity (Wildman–Crippen MR) is 65.1 cm³/mol. The van der Waals surface area contributed by atoms with Gasteiger partial charge in [0.1, 0.15) is 0 Å². The van der Waals surface area contributed by atoms with Crippen molar-refractivity contribution in [3.05, 3.63) is 34.3 Å². The van der Waals surface area contributed by atoms with Gasteiger partial charge in [-0.3, -0.25) is 0 Å². The van der Waals surface area contributed by atoms with Gasteiger partial charge in [-0.05, 0) is 24.5 Å². The second kappa shape index (κ2) is 5.64. The first-order chi connectivity index (χ1) is 7.36. The molecule has 0 saturated carbocycles. The van der Waals surface area contributed by atoms with E-state index in [0.29, 0.717) is 6.04 Å². The summed E-state index contributed by atoms with van der Waals surface area (Å²) < 4.78 is 6.64. The molecule has 1 fully saturated rings. The van der Waals surface area contributed by atoms with Crippen molar-refractivity contribution in [1.29, 1.82) is 0 Å². The minimum absolute atomic E-state index is 0.519. The number of nitrogens with one attached hydrogen (secondary N) is 1. The highest BCUT2D eigenvalue weighted by Gasteiger charge is 2.12. The van der Waals surface area contributed by atoms with Crippen molar-refractivity contribution in [2.75, 3.05) is 19.8 Å². The van der Waals surface area contributed by atoms with Crippen LogP contribution in [0.1, 0.15) is 12.0 Å². The second-order valence-corrected chi connectivity index (χ2v) is 4.71. The van der Waals surface area contributed by atoms with Crippen LogP contribution in [0.5, 0.6) is 0 Å². The predicted octanol–water partition coefficient (Wildman–Crippen LogP) is 2.37. The van der Waals surface area contributed by atoms with Gasteiger partial charge in [0.05, 0.1) is 13.2 Å². The highest BCUT2D eigenvalue weighted by molar-refractivity contribution is 9.10. The van der Waals surface area contributed by atoms with Crippen LogP contribution >= 0.6 is 15.9 Å². The minimum Gasteiger partial charge on any atom is -0.379 e. The van der Waals surface area contributed by atoms with Gasteiger partial charge in [-0.15, -0.1) is 0 Å². The molecule has 1 atom stereocenters. The van der Waals surface area contributed by atoms with E-state index in [1.807, 2.05) is 0 Å². The van der Waals surface area contributed by atoms with Crippen molar-refractivity contribution >= 4 is 15.9 Å². The highest BCUT2D eigenvalue weighted by atomic mass is 79.9.